The monoisotopic (exact) mass is 155 g/mol. The van der Waals surface area contributed by atoms with Crippen molar-refractivity contribution in [3.8, 4) is 0 Å². The predicted molar refractivity (Wildman–Crippen MR) is 44.6 cm³/mol. The maximum Gasteiger partial charge on any atom is 0.0625 e. The molecule has 0 N–H and O–H groups in total. The lowest BCUT2D eigenvalue weighted by molar-refractivity contribution is -0.105. The number of hydrogen-bond acceptors (Lipinski definition) is 2. The molecule has 64 valence electrons. The number of hydrogen-bond donors (Lipinski definition) is 0. The van der Waals surface area contributed by atoms with Crippen LogP contribution in [0.4, 0.5) is 0 Å². The summed E-state index contributed by atoms with van der Waals surface area (Å²) in [5.74, 6) is 0.950. The molecular weight excluding hydrogens is 138 g/mol. The summed E-state index contributed by atoms with van der Waals surface area (Å²) in [5.41, 5.74) is 0. The van der Waals surface area contributed by atoms with Crippen molar-refractivity contribution in [2.45, 2.75) is 32.4 Å². The maximum absolute atomic E-state index is 5.44. The fourth-order valence-electron chi connectivity index (χ4n) is 2.21. The molecule has 2 fully saturated rings. The Labute approximate surface area is 68.5 Å². The molecule has 0 aromatic rings. The summed E-state index contributed by atoms with van der Waals surface area (Å²) in [4.78, 5) is 2.55. The van der Waals surface area contributed by atoms with Crippen LogP contribution in [0.15, 0.2) is 0 Å². The smallest absolute Gasteiger partial charge is 0.0625 e. The number of likely N-dealkylation sites (tertiary alicyclic amines) is 1. The maximum atomic E-state index is 5.44. The van der Waals surface area contributed by atoms with E-state index in [1.54, 1.807) is 0 Å². The Morgan fingerprint density at radius 3 is 2.91 bits per heavy atom. The minimum atomic E-state index is 0.706. The molecule has 2 aliphatic heterocycles. The Kier molecular flexibility index (Phi) is 1.90. The van der Waals surface area contributed by atoms with Gasteiger partial charge >= 0.3 is 0 Å². The molecule has 2 unspecified atom stereocenters. The topological polar surface area (TPSA) is 12.5 Å². The largest absolute Gasteiger partial charge is 0.380 e. The number of ether oxygens (including phenoxy) is 1. The highest BCUT2D eigenvalue weighted by atomic mass is 16.5. The van der Waals surface area contributed by atoms with Crippen molar-refractivity contribution in [2.75, 3.05) is 19.8 Å². The van der Waals surface area contributed by atoms with Crippen LogP contribution in [0.25, 0.3) is 0 Å². The molecule has 2 saturated heterocycles. The molecule has 2 nitrogen and oxygen atoms in total. The SMILES string of the molecule is CC(C)N1CC2CCOCC21. The van der Waals surface area contributed by atoms with Gasteiger partial charge in [0.15, 0.2) is 0 Å². The summed E-state index contributed by atoms with van der Waals surface area (Å²) >= 11 is 0. The van der Waals surface area contributed by atoms with Crippen LogP contribution in [-0.4, -0.2) is 36.7 Å². The Morgan fingerprint density at radius 2 is 2.27 bits per heavy atom. The van der Waals surface area contributed by atoms with E-state index in [9.17, 15) is 0 Å². The minimum absolute atomic E-state index is 0.706. The first-order valence-electron chi connectivity index (χ1n) is 4.62. The normalized spacial score (nSPS) is 38.5. The third-order valence-corrected chi connectivity index (χ3v) is 3.00. The second kappa shape index (κ2) is 2.76. The molecule has 2 aliphatic rings. The summed E-state index contributed by atoms with van der Waals surface area (Å²) in [6.07, 6.45) is 1.29. The molecule has 0 spiro atoms. The standard InChI is InChI=1S/C9H17NO/c1-7(2)10-5-8-3-4-11-6-9(8)10/h7-9H,3-6H2,1-2H3. The van der Waals surface area contributed by atoms with E-state index in [0.29, 0.717) is 6.04 Å². The van der Waals surface area contributed by atoms with Gasteiger partial charge in [-0.25, -0.2) is 0 Å². The van der Waals surface area contributed by atoms with E-state index in [0.717, 1.165) is 25.2 Å². The van der Waals surface area contributed by atoms with Gasteiger partial charge in [0.2, 0.25) is 0 Å². The highest BCUT2D eigenvalue weighted by Gasteiger charge is 2.41. The van der Waals surface area contributed by atoms with Crippen molar-refractivity contribution in [3.63, 3.8) is 0 Å². The number of rotatable bonds is 1. The number of fused-ring (bicyclic) bond motifs is 1. The molecule has 0 aromatic heterocycles. The van der Waals surface area contributed by atoms with Crippen LogP contribution < -0.4 is 0 Å². The van der Waals surface area contributed by atoms with Crippen LogP contribution in [0.1, 0.15) is 20.3 Å². The van der Waals surface area contributed by atoms with Gasteiger partial charge in [-0.05, 0) is 26.2 Å². The van der Waals surface area contributed by atoms with Crippen molar-refractivity contribution in [2.24, 2.45) is 5.92 Å². The van der Waals surface area contributed by atoms with Gasteiger partial charge in [-0.1, -0.05) is 0 Å². The van der Waals surface area contributed by atoms with Crippen molar-refractivity contribution >= 4 is 0 Å². The molecule has 0 radical (unpaired) electrons. The minimum Gasteiger partial charge on any atom is -0.380 e. The Balaban J connectivity index is 1.91. The van der Waals surface area contributed by atoms with Gasteiger partial charge in [0.05, 0.1) is 6.61 Å². The van der Waals surface area contributed by atoms with Gasteiger partial charge in [0.1, 0.15) is 0 Å². The average molecular weight is 155 g/mol. The summed E-state index contributed by atoms with van der Waals surface area (Å²) in [7, 11) is 0. The quantitative estimate of drug-likeness (QED) is 0.562. The average Bonchev–Trinajstić information content (AvgIpc) is 1.90. The van der Waals surface area contributed by atoms with Crippen LogP contribution in [0.5, 0.6) is 0 Å². The van der Waals surface area contributed by atoms with Gasteiger partial charge in [-0.3, -0.25) is 4.90 Å². The lowest BCUT2D eigenvalue weighted by Gasteiger charge is -2.52. The van der Waals surface area contributed by atoms with E-state index in [-0.39, 0.29) is 0 Å². The lowest BCUT2D eigenvalue weighted by Crippen LogP contribution is -2.62. The molecule has 2 heteroatoms. The first kappa shape index (κ1) is 7.56. The van der Waals surface area contributed by atoms with Gasteiger partial charge < -0.3 is 4.74 Å². The predicted octanol–water partition coefficient (Wildman–Crippen LogP) is 1.12. The summed E-state index contributed by atoms with van der Waals surface area (Å²) < 4.78 is 5.44. The van der Waals surface area contributed by atoms with E-state index in [1.807, 2.05) is 0 Å². The molecule has 0 aliphatic carbocycles. The lowest BCUT2D eigenvalue weighted by atomic mass is 9.84. The van der Waals surface area contributed by atoms with Gasteiger partial charge in [-0.2, -0.15) is 0 Å². The third-order valence-electron chi connectivity index (χ3n) is 3.00. The zero-order chi connectivity index (χ0) is 7.84. The second-order valence-electron chi connectivity index (χ2n) is 3.98. The fourth-order valence-corrected chi connectivity index (χ4v) is 2.21. The summed E-state index contributed by atoms with van der Waals surface area (Å²) in [6, 6.07) is 1.46. The molecule has 2 rings (SSSR count). The van der Waals surface area contributed by atoms with Gasteiger partial charge in [-0.15, -0.1) is 0 Å². The second-order valence-corrected chi connectivity index (χ2v) is 3.98. The zero-order valence-electron chi connectivity index (χ0n) is 7.42. The van der Waals surface area contributed by atoms with Crippen molar-refractivity contribution < 1.29 is 4.74 Å². The van der Waals surface area contributed by atoms with Gasteiger partial charge in [0.25, 0.3) is 0 Å². The molecule has 11 heavy (non-hydrogen) atoms. The fraction of sp³-hybridized carbons (Fsp3) is 1.00. The Bertz CT molecular complexity index is 146. The highest BCUT2D eigenvalue weighted by molar-refractivity contribution is 4.94. The summed E-state index contributed by atoms with van der Waals surface area (Å²) in [6.45, 7) is 7.82. The first-order valence-corrected chi connectivity index (χ1v) is 4.62. The van der Waals surface area contributed by atoms with E-state index < -0.39 is 0 Å². The summed E-state index contributed by atoms with van der Waals surface area (Å²) in [5, 5.41) is 0. The third kappa shape index (κ3) is 1.18. The molecule has 2 heterocycles. The van der Waals surface area contributed by atoms with Crippen LogP contribution >= 0.6 is 0 Å². The van der Waals surface area contributed by atoms with Crippen molar-refractivity contribution in [1.29, 1.82) is 0 Å². The van der Waals surface area contributed by atoms with Crippen molar-refractivity contribution in [1.82, 2.24) is 4.90 Å². The van der Waals surface area contributed by atoms with Crippen LogP contribution in [0, 0.1) is 5.92 Å². The zero-order valence-corrected chi connectivity index (χ0v) is 7.42. The Hall–Kier alpha value is -0.0800. The molecule has 0 amide bonds. The van der Waals surface area contributed by atoms with E-state index in [2.05, 4.69) is 18.7 Å². The van der Waals surface area contributed by atoms with E-state index in [4.69, 9.17) is 4.74 Å². The van der Waals surface area contributed by atoms with Crippen LogP contribution in [0.3, 0.4) is 0 Å². The van der Waals surface area contributed by atoms with Crippen LogP contribution in [-0.2, 0) is 4.74 Å². The van der Waals surface area contributed by atoms with E-state index in [1.165, 1.54) is 13.0 Å². The van der Waals surface area contributed by atoms with E-state index >= 15 is 0 Å². The molecular formula is C9H17NO. The highest BCUT2D eigenvalue weighted by Crippen LogP contribution is 2.32. The van der Waals surface area contributed by atoms with Gasteiger partial charge in [0, 0.05) is 25.2 Å². The number of nitrogens with zero attached hydrogens (tertiary/aromatic N) is 1. The molecule has 0 bridgehead atoms. The Morgan fingerprint density at radius 1 is 1.45 bits per heavy atom. The van der Waals surface area contributed by atoms with Crippen LogP contribution in [0.2, 0.25) is 0 Å². The molecule has 2 atom stereocenters. The molecule has 0 aromatic carbocycles. The first-order chi connectivity index (χ1) is 5.29. The van der Waals surface area contributed by atoms with Crippen molar-refractivity contribution in [3.05, 3.63) is 0 Å². The molecule has 0 saturated carbocycles.